The summed E-state index contributed by atoms with van der Waals surface area (Å²) < 4.78 is 46.4. The molecule has 100 valence electrons. The SMILES string of the molecule is Nc1cc(C(=O)Oc2ccccc2C(F)(F)F)sn1. The molecule has 2 rings (SSSR count). The number of carbonyl (C=O) groups is 1. The van der Waals surface area contributed by atoms with E-state index in [2.05, 4.69) is 4.37 Å². The van der Waals surface area contributed by atoms with Crippen LogP contribution in [0.15, 0.2) is 30.3 Å². The predicted octanol–water partition coefficient (Wildman–Crippen LogP) is 2.96. The van der Waals surface area contributed by atoms with E-state index < -0.39 is 23.5 Å². The molecule has 0 amide bonds. The van der Waals surface area contributed by atoms with E-state index in [-0.39, 0.29) is 10.7 Å². The minimum absolute atomic E-state index is 0.0366. The Kier molecular flexibility index (Phi) is 3.43. The van der Waals surface area contributed by atoms with Gasteiger partial charge in [0.15, 0.2) is 0 Å². The Balaban J connectivity index is 2.27. The first-order valence-electron chi connectivity index (χ1n) is 4.98. The van der Waals surface area contributed by atoms with E-state index >= 15 is 0 Å². The molecule has 0 aliphatic carbocycles. The molecular weight excluding hydrogens is 281 g/mol. The molecule has 0 bridgehead atoms. The van der Waals surface area contributed by atoms with Gasteiger partial charge in [-0.05, 0) is 23.7 Å². The molecule has 0 radical (unpaired) electrons. The van der Waals surface area contributed by atoms with Gasteiger partial charge in [0.2, 0.25) is 0 Å². The lowest BCUT2D eigenvalue weighted by atomic mass is 10.2. The molecule has 4 nitrogen and oxygen atoms in total. The number of esters is 1. The first-order valence-corrected chi connectivity index (χ1v) is 5.76. The van der Waals surface area contributed by atoms with E-state index in [1.54, 1.807) is 0 Å². The number of carbonyl (C=O) groups excluding carboxylic acids is 1. The fraction of sp³-hybridized carbons (Fsp3) is 0.0909. The van der Waals surface area contributed by atoms with Gasteiger partial charge in [-0.25, -0.2) is 4.79 Å². The van der Waals surface area contributed by atoms with Gasteiger partial charge in [0.25, 0.3) is 0 Å². The molecule has 0 spiro atoms. The van der Waals surface area contributed by atoms with Crippen LogP contribution in [0.3, 0.4) is 0 Å². The summed E-state index contributed by atoms with van der Waals surface area (Å²) in [6, 6.07) is 5.71. The van der Waals surface area contributed by atoms with Crippen molar-refractivity contribution in [2.45, 2.75) is 6.18 Å². The number of ether oxygens (including phenoxy) is 1. The third-order valence-corrected chi connectivity index (χ3v) is 2.91. The minimum atomic E-state index is -4.59. The smallest absolute Gasteiger partial charge is 0.419 e. The summed E-state index contributed by atoms with van der Waals surface area (Å²) in [6.45, 7) is 0. The summed E-state index contributed by atoms with van der Waals surface area (Å²) >= 11 is 0.759. The molecule has 0 fully saturated rings. The molecule has 2 N–H and O–H groups in total. The van der Waals surface area contributed by atoms with Crippen LogP contribution in [0.4, 0.5) is 19.0 Å². The fourth-order valence-corrected chi connectivity index (χ4v) is 1.87. The lowest BCUT2D eigenvalue weighted by Gasteiger charge is -2.11. The van der Waals surface area contributed by atoms with Gasteiger partial charge in [0.1, 0.15) is 16.4 Å². The topological polar surface area (TPSA) is 65.2 Å². The van der Waals surface area contributed by atoms with Crippen molar-refractivity contribution in [3.05, 3.63) is 40.8 Å². The summed E-state index contributed by atoms with van der Waals surface area (Å²) in [6.07, 6.45) is -4.59. The van der Waals surface area contributed by atoms with E-state index in [0.29, 0.717) is 0 Å². The summed E-state index contributed by atoms with van der Waals surface area (Å²) in [4.78, 5) is 11.7. The Morgan fingerprint density at radius 2 is 2.00 bits per heavy atom. The van der Waals surface area contributed by atoms with Crippen LogP contribution in [-0.2, 0) is 6.18 Å². The van der Waals surface area contributed by atoms with Crippen molar-refractivity contribution in [1.29, 1.82) is 0 Å². The number of para-hydroxylation sites is 1. The van der Waals surface area contributed by atoms with Crippen LogP contribution in [0.2, 0.25) is 0 Å². The van der Waals surface area contributed by atoms with Crippen molar-refractivity contribution in [3.8, 4) is 5.75 Å². The lowest BCUT2D eigenvalue weighted by Crippen LogP contribution is -2.12. The van der Waals surface area contributed by atoms with Gasteiger partial charge in [-0.2, -0.15) is 17.5 Å². The van der Waals surface area contributed by atoms with Gasteiger partial charge in [0, 0.05) is 6.07 Å². The van der Waals surface area contributed by atoms with Crippen LogP contribution in [0.1, 0.15) is 15.2 Å². The number of aromatic nitrogens is 1. The Morgan fingerprint density at radius 1 is 1.32 bits per heavy atom. The molecule has 2 aromatic rings. The monoisotopic (exact) mass is 288 g/mol. The number of anilines is 1. The maximum atomic E-state index is 12.7. The Morgan fingerprint density at radius 3 is 2.58 bits per heavy atom. The number of hydrogen-bond donors (Lipinski definition) is 1. The highest BCUT2D eigenvalue weighted by molar-refractivity contribution is 7.08. The minimum Gasteiger partial charge on any atom is -0.422 e. The second kappa shape index (κ2) is 4.88. The van der Waals surface area contributed by atoms with Crippen LogP contribution >= 0.6 is 11.5 Å². The van der Waals surface area contributed by atoms with Crippen molar-refractivity contribution in [1.82, 2.24) is 4.37 Å². The highest BCUT2D eigenvalue weighted by Crippen LogP contribution is 2.36. The van der Waals surface area contributed by atoms with Gasteiger partial charge >= 0.3 is 12.1 Å². The van der Waals surface area contributed by atoms with Gasteiger partial charge in [-0.15, -0.1) is 0 Å². The van der Waals surface area contributed by atoms with Crippen molar-refractivity contribution >= 4 is 23.3 Å². The normalized spacial score (nSPS) is 11.3. The molecule has 0 aliphatic heterocycles. The predicted molar refractivity (Wildman–Crippen MR) is 62.9 cm³/mol. The van der Waals surface area contributed by atoms with Crippen molar-refractivity contribution in [2.75, 3.05) is 5.73 Å². The van der Waals surface area contributed by atoms with E-state index in [1.165, 1.54) is 18.2 Å². The molecule has 1 heterocycles. The third kappa shape index (κ3) is 3.02. The number of nitrogens with zero attached hydrogens (tertiary/aromatic N) is 1. The second-order valence-electron chi connectivity index (χ2n) is 3.50. The summed E-state index contributed by atoms with van der Waals surface area (Å²) in [7, 11) is 0. The Hall–Kier alpha value is -2.09. The van der Waals surface area contributed by atoms with E-state index in [4.69, 9.17) is 10.5 Å². The van der Waals surface area contributed by atoms with Gasteiger partial charge in [0.05, 0.1) is 5.56 Å². The third-order valence-electron chi connectivity index (χ3n) is 2.12. The van der Waals surface area contributed by atoms with Crippen molar-refractivity contribution < 1.29 is 22.7 Å². The Labute approximate surface area is 109 Å². The molecule has 0 unspecified atom stereocenters. The highest BCUT2D eigenvalue weighted by Gasteiger charge is 2.34. The van der Waals surface area contributed by atoms with Crippen molar-refractivity contribution in [3.63, 3.8) is 0 Å². The molecule has 1 aromatic heterocycles. The summed E-state index contributed by atoms with van der Waals surface area (Å²) in [5, 5.41) is 0. The zero-order chi connectivity index (χ0) is 14.0. The number of hydrogen-bond acceptors (Lipinski definition) is 5. The van der Waals surface area contributed by atoms with Crippen LogP contribution in [0, 0.1) is 0 Å². The molecule has 19 heavy (non-hydrogen) atoms. The molecular formula is C11H7F3N2O2S. The zero-order valence-corrected chi connectivity index (χ0v) is 10.1. The van der Waals surface area contributed by atoms with E-state index in [0.717, 1.165) is 23.7 Å². The van der Waals surface area contributed by atoms with E-state index in [9.17, 15) is 18.0 Å². The number of nitrogen functional groups attached to an aromatic ring is 1. The maximum Gasteiger partial charge on any atom is 0.419 e. The highest BCUT2D eigenvalue weighted by atomic mass is 32.1. The summed E-state index contributed by atoms with van der Waals surface area (Å²) in [5.41, 5.74) is 4.31. The first-order chi connectivity index (χ1) is 8.88. The standard InChI is InChI=1S/C11H7F3N2O2S/c12-11(13,14)6-3-1-2-4-7(6)18-10(17)8-5-9(15)16-19-8/h1-5H,(H2,15,16). The van der Waals surface area contributed by atoms with Crippen LogP contribution in [0.5, 0.6) is 5.75 Å². The number of nitrogens with two attached hydrogens (primary N) is 1. The van der Waals surface area contributed by atoms with Gasteiger partial charge in [-0.3, -0.25) is 0 Å². The number of rotatable bonds is 2. The fourth-order valence-electron chi connectivity index (χ4n) is 1.33. The van der Waals surface area contributed by atoms with E-state index in [1.807, 2.05) is 0 Å². The zero-order valence-electron chi connectivity index (χ0n) is 9.27. The van der Waals surface area contributed by atoms with Gasteiger partial charge < -0.3 is 10.5 Å². The van der Waals surface area contributed by atoms with Gasteiger partial charge in [-0.1, -0.05) is 12.1 Å². The van der Waals surface area contributed by atoms with Crippen LogP contribution in [0.25, 0.3) is 0 Å². The average Bonchev–Trinajstić information content (AvgIpc) is 2.75. The second-order valence-corrected chi connectivity index (χ2v) is 4.30. The lowest BCUT2D eigenvalue weighted by molar-refractivity contribution is -0.138. The number of benzene rings is 1. The first kappa shape index (κ1) is 13.3. The molecule has 1 aromatic carbocycles. The summed E-state index contributed by atoms with van der Waals surface area (Å²) in [5.74, 6) is -1.36. The molecule has 0 saturated carbocycles. The molecule has 8 heteroatoms. The molecule has 0 atom stereocenters. The van der Waals surface area contributed by atoms with Crippen LogP contribution < -0.4 is 10.5 Å². The number of halogens is 3. The van der Waals surface area contributed by atoms with Crippen molar-refractivity contribution in [2.24, 2.45) is 0 Å². The largest absolute Gasteiger partial charge is 0.422 e. The average molecular weight is 288 g/mol. The maximum absolute atomic E-state index is 12.7. The molecule has 0 saturated heterocycles. The molecule has 0 aliphatic rings. The Bertz CT molecular complexity index is 610. The quantitative estimate of drug-likeness (QED) is 0.681. The number of alkyl halides is 3. The van der Waals surface area contributed by atoms with Crippen LogP contribution in [-0.4, -0.2) is 10.3 Å².